The second-order valence-corrected chi connectivity index (χ2v) is 8.79. The van der Waals surface area contributed by atoms with Gasteiger partial charge in [0.1, 0.15) is 0 Å². The molecular weight excluding hydrogens is 444 g/mol. The van der Waals surface area contributed by atoms with Crippen LogP contribution in [0, 0.1) is 11.8 Å². The van der Waals surface area contributed by atoms with Gasteiger partial charge in [0.2, 0.25) is 5.75 Å². The molecule has 0 amide bonds. The second-order valence-electron chi connectivity index (χ2n) is 8.79. The fourth-order valence-corrected chi connectivity index (χ4v) is 4.87. The van der Waals surface area contributed by atoms with Gasteiger partial charge in [-0.05, 0) is 97.7 Å². The van der Waals surface area contributed by atoms with Gasteiger partial charge >= 0.3 is 0 Å². The van der Waals surface area contributed by atoms with Crippen molar-refractivity contribution in [3.8, 4) is 29.1 Å². The van der Waals surface area contributed by atoms with Crippen LogP contribution in [0.5, 0.6) is 17.2 Å². The lowest BCUT2D eigenvalue weighted by molar-refractivity contribution is 0.324. The standard InChI is InChI=1S/C33H24O3/c1-34-31-13-21(14-32(35-2)33(31)36-3)11-12-22-9-6-10-25-17-28-18-26-15-23-7-4-5-8-24(23)16-27(26)19-29(28)20-30(22)25/h4-10,13-20H,1-3H3. The Bertz CT molecular complexity index is 1830. The van der Waals surface area contributed by atoms with Gasteiger partial charge in [-0.15, -0.1) is 0 Å². The molecule has 0 spiro atoms. The summed E-state index contributed by atoms with van der Waals surface area (Å²) in [6.07, 6.45) is 0. The summed E-state index contributed by atoms with van der Waals surface area (Å²) in [6, 6.07) is 32.1. The van der Waals surface area contributed by atoms with Crippen LogP contribution < -0.4 is 14.2 Å². The van der Waals surface area contributed by atoms with Crippen molar-refractivity contribution in [1.29, 1.82) is 0 Å². The summed E-state index contributed by atoms with van der Waals surface area (Å²) >= 11 is 0. The van der Waals surface area contributed by atoms with Crippen LogP contribution in [0.4, 0.5) is 0 Å². The van der Waals surface area contributed by atoms with Crippen molar-refractivity contribution in [3.05, 3.63) is 102 Å². The molecule has 36 heavy (non-hydrogen) atoms. The Morgan fingerprint density at radius 3 is 1.58 bits per heavy atom. The molecule has 0 aliphatic rings. The first-order valence-corrected chi connectivity index (χ1v) is 11.8. The maximum atomic E-state index is 5.48. The van der Waals surface area contributed by atoms with E-state index < -0.39 is 0 Å². The fourth-order valence-electron chi connectivity index (χ4n) is 4.87. The van der Waals surface area contributed by atoms with Crippen LogP contribution in [0.15, 0.2) is 91.0 Å². The highest BCUT2D eigenvalue weighted by Gasteiger charge is 2.12. The van der Waals surface area contributed by atoms with Crippen molar-refractivity contribution in [2.24, 2.45) is 0 Å². The molecule has 0 aliphatic carbocycles. The van der Waals surface area contributed by atoms with E-state index in [0.29, 0.717) is 17.2 Å². The van der Waals surface area contributed by atoms with Gasteiger partial charge in [0.05, 0.1) is 21.3 Å². The zero-order valence-corrected chi connectivity index (χ0v) is 20.4. The predicted molar refractivity (Wildman–Crippen MR) is 149 cm³/mol. The molecule has 0 radical (unpaired) electrons. The maximum absolute atomic E-state index is 5.48. The molecule has 6 aromatic rings. The van der Waals surface area contributed by atoms with Crippen LogP contribution in [0.1, 0.15) is 11.1 Å². The second kappa shape index (κ2) is 8.83. The molecule has 174 valence electrons. The SMILES string of the molecule is COc1cc(C#Cc2cccc3cc4cc5cc6ccccc6cc5cc4cc23)cc(OC)c1OC. The molecule has 3 heteroatoms. The first-order valence-electron chi connectivity index (χ1n) is 11.8. The van der Waals surface area contributed by atoms with Gasteiger partial charge in [0, 0.05) is 11.1 Å². The van der Waals surface area contributed by atoms with E-state index in [1.807, 2.05) is 12.1 Å². The first-order chi connectivity index (χ1) is 17.7. The van der Waals surface area contributed by atoms with Crippen molar-refractivity contribution in [3.63, 3.8) is 0 Å². The number of ether oxygens (including phenoxy) is 3. The topological polar surface area (TPSA) is 27.7 Å². The Morgan fingerprint density at radius 1 is 0.472 bits per heavy atom. The van der Waals surface area contributed by atoms with Crippen molar-refractivity contribution in [2.75, 3.05) is 21.3 Å². The molecule has 0 aliphatic heterocycles. The predicted octanol–water partition coefficient (Wildman–Crippen LogP) is 7.73. The minimum absolute atomic E-state index is 0.558. The summed E-state index contributed by atoms with van der Waals surface area (Å²) < 4.78 is 16.4. The molecule has 0 unspecified atom stereocenters. The summed E-state index contributed by atoms with van der Waals surface area (Å²) in [7, 11) is 4.81. The van der Waals surface area contributed by atoms with Crippen molar-refractivity contribution < 1.29 is 14.2 Å². The van der Waals surface area contributed by atoms with Crippen molar-refractivity contribution in [2.45, 2.75) is 0 Å². The number of methoxy groups -OCH3 is 3. The van der Waals surface area contributed by atoms with E-state index in [2.05, 4.69) is 90.7 Å². The third-order valence-electron chi connectivity index (χ3n) is 6.66. The van der Waals surface area contributed by atoms with Crippen LogP contribution in [-0.4, -0.2) is 21.3 Å². The molecule has 3 nitrogen and oxygen atoms in total. The fraction of sp³-hybridized carbons (Fsp3) is 0.0909. The number of rotatable bonds is 3. The lowest BCUT2D eigenvalue weighted by Crippen LogP contribution is -1.95. The van der Waals surface area contributed by atoms with E-state index in [9.17, 15) is 0 Å². The van der Waals surface area contributed by atoms with Gasteiger partial charge in [-0.1, -0.05) is 48.2 Å². The molecule has 6 rings (SSSR count). The third-order valence-corrected chi connectivity index (χ3v) is 6.66. The summed E-state index contributed by atoms with van der Waals surface area (Å²) in [5.41, 5.74) is 1.77. The van der Waals surface area contributed by atoms with Crippen LogP contribution in [0.3, 0.4) is 0 Å². The summed E-state index contributed by atoms with van der Waals surface area (Å²) in [5, 5.41) is 9.72. The molecule has 0 aromatic heterocycles. The summed E-state index contributed by atoms with van der Waals surface area (Å²) in [5.74, 6) is 8.39. The average Bonchev–Trinajstić information content (AvgIpc) is 2.92. The molecule has 0 fully saturated rings. The van der Waals surface area contributed by atoms with Gasteiger partial charge in [0.15, 0.2) is 11.5 Å². The monoisotopic (exact) mass is 468 g/mol. The van der Waals surface area contributed by atoms with E-state index in [1.165, 1.54) is 37.7 Å². The van der Waals surface area contributed by atoms with Gasteiger partial charge in [-0.2, -0.15) is 0 Å². The van der Waals surface area contributed by atoms with E-state index in [4.69, 9.17) is 14.2 Å². The van der Waals surface area contributed by atoms with E-state index >= 15 is 0 Å². The van der Waals surface area contributed by atoms with E-state index in [1.54, 1.807) is 21.3 Å². The van der Waals surface area contributed by atoms with Gasteiger partial charge < -0.3 is 14.2 Å². The number of fused-ring (bicyclic) bond motifs is 4. The molecule has 0 bridgehead atoms. The van der Waals surface area contributed by atoms with Crippen LogP contribution >= 0.6 is 0 Å². The van der Waals surface area contributed by atoms with E-state index in [0.717, 1.165) is 16.5 Å². The Morgan fingerprint density at radius 2 is 1.00 bits per heavy atom. The van der Waals surface area contributed by atoms with E-state index in [-0.39, 0.29) is 0 Å². The number of hydrogen-bond donors (Lipinski definition) is 0. The lowest BCUT2D eigenvalue weighted by atomic mass is 9.96. The average molecular weight is 469 g/mol. The Hall–Kier alpha value is -4.68. The van der Waals surface area contributed by atoms with Crippen LogP contribution in [0.25, 0.3) is 43.1 Å². The largest absolute Gasteiger partial charge is 0.493 e. The first kappa shape index (κ1) is 21.8. The summed E-state index contributed by atoms with van der Waals surface area (Å²) in [6.45, 7) is 0. The maximum Gasteiger partial charge on any atom is 0.203 e. The van der Waals surface area contributed by atoms with Crippen LogP contribution in [0.2, 0.25) is 0 Å². The van der Waals surface area contributed by atoms with Crippen molar-refractivity contribution >= 4 is 43.1 Å². The van der Waals surface area contributed by atoms with Crippen LogP contribution in [-0.2, 0) is 0 Å². The number of hydrogen-bond acceptors (Lipinski definition) is 3. The third kappa shape index (κ3) is 3.74. The Balaban J connectivity index is 1.50. The summed E-state index contributed by atoms with van der Waals surface area (Å²) in [4.78, 5) is 0. The van der Waals surface area contributed by atoms with Gasteiger partial charge in [-0.3, -0.25) is 0 Å². The normalized spacial score (nSPS) is 11.0. The highest BCUT2D eigenvalue weighted by molar-refractivity contribution is 6.08. The molecule has 0 heterocycles. The minimum atomic E-state index is 0.558. The highest BCUT2D eigenvalue weighted by atomic mass is 16.5. The zero-order chi connectivity index (χ0) is 24.6. The minimum Gasteiger partial charge on any atom is -0.493 e. The smallest absolute Gasteiger partial charge is 0.203 e. The highest BCUT2D eigenvalue weighted by Crippen LogP contribution is 2.38. The number of benzene rings is 6. The Kier molecular flexibility index (Phi) is 5.36. The lowest BCUT2D eigenvalue weighted by Gasteiger charge is -2.12. The quantitative estimate of drug-likeness (QED) is 0.197. The van der Waals surface area contributed by atoms with Gasteiger partial charge in [-0.25, -0.2) is 0 Å². The molecule has 0 saturated carbocycles. The molecule has 6 aromatic carbocycles. The Labute approximate surface area is 209 Å². The van der Waals surface area contributed by atoms with Crippen molar-refractivity contribution in [1.82, 2.24) is 0 Å². The zero-order valence-electron chi connectivity index (χ0n) is 20.4. The molecule has 0 N–H and O–H groups in total. The van der Waals surface area contributed by atoms with Gasteiger partial charge in [0.25, 0.3) is 0 Å². The molecular formula is C33H24O3. The molecule has 0 saturated heterocycles. The molecule has 0 atom stereocenters.